The highest BCUT2D eigenvalue weighted by Gasteiger charge is 2.20. The van der Waals surface area contributed by atoms with Crippen LogP contribution in [0, 0.1) is 0 Å². The van der Waals surface area contributed by atoms with Crippen LogP contribution in [0.5, 0.6) is 0 Å². The number of fused-ring (bicyclic) bond motifs is 2. The Labute approximate surface area is 182 Å². The summed E-state index contributed by atoms with van der Waals surface area (Å²) in [4.78, 5) is 4.83. The van der Waals surface area contributed by atoms with Gasteiger partial charge in [0.1, 0.15) is 0 Å². The van der Waals surface area contributed by atoms with Crippen molar-refractivity contribution >= 4 is 29.4 Å². The van der Waals surface area contributed by atoms with E-state index in [1.165, 1.54) is 32.6 Å². The van der Waals surface area contributed by atoms with Crippen molar-refractivity contribution in [3.63, 3.8) is 0 Å². The van der Waals surface area contributed by atoms with E-state index in [0.717, 1.165) is 31.2 Å². The van der Waals surface area contributed by atoms with Gasteiger partial charge in [-0.05, 0) is 67.7 Å². The molecule has 0 amide bonds. The second-order valence-corrected chi connectivity index (χ2v) is 8.73. The number of benzene rings is 2. The number of hydrogen-bond donors (Lipinski definition) is 0. The molecule has 30 heavy (non-hydrogen) atoms. The first-order valence-corrected chi connectivity index (χ1v) is 11.3. The van der Waals surface area contributed by atoms with Crippen molar-refractivity contribution in [1.82, 2.24) is 5.01 Å². The SMILES string of the molecule is CN1c2ccccc2Sc2cc(C=NN(C3=CCCC=C3)C3=CC=CCC3)ccc21. The number of allylic oxidation sites excluding steroid dienone is 7. The van der Waals surface area contributed by atoms with Crippen LogP contribution in [0.25, 0.3) is 0 Å². The molecule has 0 N–H and O–H groups in total. The van der Waals surface area contributed by atoms with E-state index in [-0.39, 0.29) is 0 Å². The summed E-state index contributed by atoms with van der Waals surface area (Å²) in [5.74, 6) is 0. The lowest BCUT2D eigenvalue weighted by molar-refractivity contribution is 0.445. The Morgan fingerprint density at radius 1 is 1.00 bits per heavy atom. The van der Waals surface area contributed by atoms with E-state index in [0.29, 0.717) is 0 Å². The molecule has 2 aromatic rings. The Morgan fingerprint density at radius 2 is 1.90 bits per heavy atom. The Morgan fingerprint density at radius 3 is 2.73 bits per heavy atom. The topological polar surface area (TPSA) is 18.8 Å². The third kappa shape index (κ3) is 3.75. The summed E-state index contributed by atoms with van der Waals surface area (Å²) < 4.78 is 0. The molecule has 150 valence electrons. The lowest BCUT2D eigenvalue weighted by Crippen LogP contribution is -2.17. The molecule has 0 fully saturated rings. The molecule has 0 saturated heterocycles. The maximum absolute atomic E-state index is 4.92. The molecule has 0 unspecified atom stereocenters. The van der Waals surface area contributed by atoms with E-state index < -0.39 is 0 Å². The van der Waals surface area contributed by atoms with E-state index in [1.807, 2.05) is 18.0 Å². The van der Waals surface area contributed by atoms with Crippen LogP contribution in [0.3, 0.4) is 0 Å². The fourth-order valence-electron chi connectivity index (χ4n) is 3.99. The second-order valence-electron chi connectivity index (χ2n) is 7.65. The van der Waals surface area contributed by atoms with Gasteiger partial charge in [-0.15, -0.1) is 0 Å². The van der Waals surface area contributed by atoms with Gasteiger partial charge < -0.3 is 4.90 Å². The van der Waals surface area contributed by atoms with E-state index in [4.69, 9.17) is 5.10 Å². The zero-order valence-corrected chi connectivity index (χ0v) is 18.0. The van der Waals surface area contributed by atoms with E-state index in [1.54, 1.807) is 0 Å². The van der Waals surface area contributed by atoms with Crippen molar-refractivity contribution in [3.05, 3.63) is 95.9 Å². The minimum Gasteiger partial charge on any atom is -0.343 e. The van der Waals surface area contributed by atoms with Crippen molar-refractivity contribution < 1.29 is 0 Å². The number of para-hydroxylation sites is 1. The van der Waals surface area contributed by atoms with Crippen LogP contribution in [0.1, 0.15) is 31.2 Å². The molecule has 1 aliphatic heterocycles. The maximum Gasteiger partial charge on any atom is 0.0605 e. The molecule has 2 aliphatic carbocycles. The zero-order chi connectivity index (χ0) is 20.3. The molecule has 0 bridgehead atoms. The van der Waals surface area contributed by atoms with Gasteiger partial charge in [-0.3, -0.25) is 0 Å². The van der Waals surface area contributed by atoms with Crippen LogP contribution in [-0.4, -0.2) is 18.3 Å². The fraction of sp³-hybridized carbons (Fsp3) is 0.192. The van der Waals surface area contributed by atoms with Crippen molar-refractivity contribution in [3.8, 4) is 0 Å². The summed E-state index contributed by atoms with van der Waals surface area (Å²) in [5.41, 5.74) is 6.03. The molecule has 0 spiro atoms. The quantitative estimate of drug-likeness (QED) is 0.398. The van der Waals surface area contributed by atoms with Crippen LogP contribution in [-0.2, 0) is 0 Å². The molecular formula is C26H25N3S. The Balaban J connectivity index is 1.44. The molecule has 4 heteroatoms. The largest absolute Gasteiger partial charge is 0.343 e. The summed E-state index contributed by atoms with van der Waals surface area (Å²) in [6.07, 6.45) is 19.5. The summed E-state index contributed by atoms with van der Waals surface area (Å²) in [6, 6.07) is 15.2. The Kier molecular flexibility index (Phi) is 5.33. The molecule has 2 aromatic carbocycles. The molecular weight excluding hydrogens is 386 g/mol. The standard InChI is InChI=1S/C26H25N3S/c1-28-23-14-8-9-15-25(23)30-26-18-20(16-17-24(26)28)19-27-29(21-10-4-2-5-11-21)22-12-6-3-7-13-22/h2,4,6,8-10,12-19H,3,5,7,11H2,1H3. The van der Waals surface area contributed by atoms with Gasteiger partial charge in [-0.1, -0.05) is 54.3 Å². The molecule has 0 saturated carbocycles. The number of nitrogens with zero attached hydrogens (tertiary/aromatic N) is 3. The first-order valence-electron chi connectivity index (χ1n) is 10.5. The van der Waals surface area contributed by atoms with E-state index in [9.17, 15) is 0 Å². The van der Waals surface area contributed by atoms with Crippen LogP contribution in [0.15, 0.2) is 105 Å². The van der Waals surface area contributed by atoms with Gasteiger partial charge in [0.2, 0.25) is 0 Å². The van der Waals surface area contributed by atoms with E-state index >= 15 is 0 Å². The van der Waals surface area contributed by atoms with Crippen molar-refractivity contribution in [2.75, 3.05) is 11.9 Å². The molecule has 0 atom stereocenters. The second kappa shape index (κ2) is 8.41. The minimum absolute atomic E-state index is 1.01. The third-order valence-electron chi connectivity index (χ3n) is 5.60. The molecule has 3 aliphatic rings. The lowest BCUT2D eigenvalue weighted by atomic mass is 10.1. The summed E-state index contributed by atoms with van der Waals surface area (Å²) in [5, 5.41) is 7.02. The van der Waals surface area contributed by atoms with Crippen LogP contribution >= 0.6 is 11.8 Å². The smallest absolute Gasteiger partial charge is 0.0605 e. The zero-order valence-electron chi connectivity index (χ0n) is 17.2. The van der Waals surface area contributed by atoms with Crippen LogP contribution in [0.2, 0.25) is 0 Å². The van der Waals surface area contributed by atoms with Gasteiger partial charge in [0.05, 0.1) is 23.3 Å². The van der Waals surface area contributed by atoms with Gasteiger partial charge in [0, 0.05) is 22.5 Å². The highest BCUT2D eigenvalue weighted by atomic mass is 32.2. The average molecular weight is 412 g/mol. The molecule has 3 nitrogen and oxygen atoms in total. The summed E-state index contributed by atoms with van der Waals surface area (Å²) in [7, 11) is 2.14. The number of hydrogen-bond acceptors (Lipinski definition) is 4. The van der Waals surface area contributed by atoms with Crippen LogP contribution < -0.4 is 4.90 Å². The van der Waals surface area contributed by atoms with Gasteiger partial charge >= 0.3 is 0 Å². The van der Waals surface area contributed by atoms with Gasteiger partial charge in [0.15, 0.2) is 0 Å². The van der Waals surface area contributed by atoms with Crippen molar-refractivity contribution in [2.24, 2.45) is 5.10 Å². The highest BCUT2D eigenvalue weighted by molar-refractivity contribution is 7.99. The number of anilines is 2. The molecule has 1 heterocycles. The number of hydrazone groups is 1. The minimum atomic E-state index is 1.01. The monoisotopic (exact) mass is 411 g/mol. The maximum atomic E-state index is 4.92. The van der Waals surface area contributed by atoms with Crippen molar-refractivity contribution in [2.45, 2.75) is 35.5 Å². The first-order chi connectivity index (χ1) is 14.8. The third-order valence-corrected chi connectivity index (χ3v) is 6.71. The predicted octanol–water partition coefficient (Wildman–Crippen LogP) is 7.02. The Bertz CT molecular complexity index is 1110. The van der Waals surface area contributed by atoms with E-state index in [2.05, 4.69) is 95.9 Å². The molecule has 0 aromatic heterocycles. The van der Waals surface area contributed by atoms with Gasteiger partial charge in [0.25, 0.3) is 0 Å². The highest BCUT2D eigenvalue weighted by Crippen LogP contribution is 2.47. The Hall–Kier alpha value is -2.98. The van der Waals surface area contributed by atoms with Crippen molar-refractivity contribution in [1.29, 1.82) is 0 Å². The fourth-order valence-corrected chi connectivity index (χ4v) is 5.19. The van der Waals surface area contributed by atoms with Crippen LogP contribution in [0.4, 0.5) is 11.4 Å². The molecule has 0 radical (unpaired) electrons. The van der Waals surface area contributed by atoms with Gasteiger partial charge in [-0.25, -0.2) is 5.01 Å². The van der Waals surface area contributed by atoms with Gasteiger partial charge in [-0.2, -0.15) is 5.10 Å². The molecule has 5 rings (SSSR count). The first kappa shape index (κ1) is 19.0. The lowest BCUT2D eigenvalue weighted by Gasteiger charge is -2.29. The normalized spacial score (nSPS) is 17.4. The number of rotatable bonds is 4. The summed E-state index contributed by atoms with van der Waals surface area (Å²) >= 11 is 1.83. The predicted molar refractivity (Wildman–Crippen MR) is 127 cm³/mol. The average Bonchev–Trinajstić information content (AvgIpc) is 2.81. The summed E-state index contributed by atoms with van der Waals surface area (Å²) in [6.45, 7) is 0.